The molecular formula is C12H18N4O2. The van der Waals surface area contributed by atoms with Gasteiger partial charge < -0.3 is 5.11 Å². The fourth-order valence-electron chi connectivity index (χ4n) is 2.19. The summed E-state index contributed by atoms with van der Waals surface area (Å²) in [6.45, 7) is 3.42. The van der Waals surface area contributed by atoms with E-state index in [-0.39, 0.29) is 12.5 Å². The first-order valence-corrected chi connectivity index (χ1v) is 6.07. The quantitative estimate of drug-likeness (QED) is 0.804. The lowest BCUT2D eigenvalue weighted by molar-refractivity contribution is -0.118. The van der Waals surface area contributed by atoms with Gasteiger partial charge >= 0.3 is 0 Å². The van der Waals surface area contributed by atoms with E-state index in [0.29, 0.717) is 12.5 Å². The SMILES string of the molecule is CC1(O)CCCN(CC(=O)Nc2ncccn2)C1. The fourth-order valence-corrected chi connectivity index (χ4v) is 2.19. The first-order chi connectivity index (χ1) is 8.55. The maximum Gasteiger partial charge on any atom is 0.240 e. The lowest BCUT2D eigenvalue weighted by Gasteiger charge is -2.36. The molecule has 0 aromatic carbocycles. The van der Waals surface area contributed by atoms with Crippen molar-refractivity contribution in [1.29, 1.82) is 0 Å². The van der Waals surface area contributed by atoms with Gasteiger partial charge in [-0.2, -0.15) is 0 Å². The molecule has 1 fully saturated rings. The molecule has 6 nitrogen and oxygen atoms in total. The maximum atomic E-state index is 11.8. The summed E-state index contributed by atoms with van der Waals surface area (Å²) >= 11 is 0. The Bertz CT molecular complexity index is 408. The van der Waals surface area contributed by atoms with Gasteiger partial charge in [0.2, 0.25) is 11.9 Å². The second-order valence-corrected chi connectivity index (χ2v) is 4.93. The van der Waals surface area contributed by atoms with E-state index in [1.165, 1.54) is 0 Å². The minimum atomic E-state index is -0.693. The summed E-state index contributed by atoms with van der Waals surface area (Å²) in [5.74, 6) is 0.158. The van der Waals surface area contributed by atoms with E-state index < -0.39 is 5.60 Å². The van der Waals surface area contributed by atoms with Gasteiger partial charge in [0.05, 0.1) is 12.1 Å². The van der Waals surface area contributed by atoms with Crippen LogP contribution in [-0.4, -0.2) is 51.1 Å². The number of amides is 1. The van der Waals surface area contributed by atoms with Crippen LogP contribution in [0.15, 0.2) is 18.5 Å². The number of anilines is 1. The lowest BCUT2D eigenvalue weighted by Crippen LogP contribution is -2.48. The number of carbonyl (C=O) groups is 1. The van der Waals surface area contributed by atoms with E-state index in [1.54, 1.807) is 25.4 Å². The molecule has 0 aliphatic carbocycles. The number of aromatic nitrogens is 2. The van der Waals surface area contributed by atoms with Gasteiger partial charge in [-0.05, 0) is 32.4 Å². The number of aliphatic hydroxyl groups is 1. The molecule has 1 aromatic rings. The maximum absolute atomic E-state index is 11.8. The standard InChI is InChI=1S/C12H18N4O2/c1-12(18)4-2-7-16(9-12)8-10(17)15-11-13-5-3-6-14-11/h3,5-6,18H,2,4,7-9H2,1H3,(H,13,14,15,17). The van der Waals surface area contributed by atoms with Gasteiger partial charge in [0, 0.05) is 18.9 Å². The molecule has 1 aliphatic heterocycles. The van der Waals surface area contributed by atoms with Crippen LogP contribution < -0.4 is 5.32 Å². The van der Waals surface area contributed by atoms with E-state index in [1.807, 2.05) is 4.90 Å². The van der Waals surface area contributed by atoms with E-state index >= 15 is 0 Å². The summed E-state index contributed by atoms with van der Waals surface area (Å²) < 4.78 is 0. The molecule has 1 saturated heterocycles. The Morgan fingerprint density at radius 1 is 1.56 bits per heavy atom. The van der Waals surface area contributed by atoms with Crippen molar-refractivity contribution in [1.82, 2.24) is 14.9 Å². The van der Waals surface area contributed by atoms with E-state index in [9.17, 15) is 9.90 Å². The second kappa shape index (κ2) is 5.41. The summed E-state index contributed by atoms with van der Waals surface area (Å²) in [6.07, 6.45) is 4.84. The van der Waals surface area contributed by atoms with Crippen LogP contribution in [0.3, 0.4) is 0 Å². The number of nitrogens with zero attached hydrogens (tertiary/aromatic N) is 3. The van der Waals surface area contributed by atoms with Crippen LogP contribution in [-0.2, 0) is 4.79 Å². The highest BCUT2D eigenvalue weighted by Gasteiger charge is 2.29. The number of piperidine rings is 1. The average molecular weight is 250 g/mol. The first kappa shape index (κ1) is 12.9. The van der Waals surface area contributed by atoms with Crippen molar-refractivity contribution in [3.63, 3.8) is 0 Å². The van der Waals surface area contributed by atoms with Crippen molar-refractivity contribution in [2.24, 2.45) is 0 Å². The minimum absolute atomic E-state index is 0.154. The van der Waals surface area contributed by atoms with Crippen LogP contribution in [0.4, 0.5) is 5.95 Å². The molecule has 1 unspecified atom stereocenters. The van der Waals surface area contributed by atoms with Crippen molar-refractivity contribution in [3.8, 4) is 0 Å². The summed E-state index contributed by atoms with van der Waals surface area (Å²) in [7, 11) is 0. The molecule has 2 rings (SSSR count). The number of hydrogen-bond acceptors (Lipinski definition) is 5. The van der Waals surface area contributed by atoms with Crippen LogP contribution in [0.1, 0.15) is 19.8 Å². The van der Waals surface area contributed by atoms with Crippen LogP contribution >= 0.6 is 0 Å². The number of nitrogens with one attached hydrogen (secondary N) is 1. The first-order valence-electron chi connectivity index (χ1n) is 6.07. The van der Waals surface area contributed by atoms with Gasteiger partial charge in [-0.3, -0.25) is 15.0 Å². The zero-order valence-electron chi connectivity index (χ0n) is 10.5. The lowest BCUT2D eigenvalue weighted by atomic mass is 9.95. The number of hydrogen-bond donors (Lipinski definition) is 2. The number of β-amino-alcohol motifs (C(OH)–C–C–N with tert-alkyl or cyclic N) is 1. The second-order valence-electron chi connectivity index (χ2n) is 4.93. The third kappa shape index (κ3) is 3.75. The molecule has 18 heavy (non-hydrogen) atoms. The molecule has 1 atom stereocenters. The van der Waals surface area contributed by atoms with E-state index in [2.05, 4.69) is 15.3 Å². The van der Waals surface area contributed by atoms with Crippen molar-refractivity contribution in [2.45, 2.75) is 25.4 Å². The number of rotatable bonds is 3. The third-order valence-corrected chi connectivity index (χ3v) is 2.94. The average Bonchev–Trinajstić information content (AvgIpc) is 2.28. The summed E-state index contributed by atoms with van der Waals surface area (Å²) in [6, 6.07) is 1.69. The normalized spacial score (nSPS) is 24.8. The molecule has 1 aliphatic rings. The summed E-state index contributed by atoms with van der Waals surface area (Å²) in [5.41, 5.74) is -0.693. The van der Waals surface area contributed by atoms with Crippen molar-refractivity contribution < 1.29 is 9.90 Å². The van der Waals surface area contributed by atoms with Gasteiger partial charge in [-0.1, -0.05) is 0 Å². The van der Waals surface area contributed by atoms with Gasteiger partial charge in [0.1, 0.15) is 0 Å². The van der Waals surface area contributed by atoms with E-state index in [4.69, 9.17) is 0 Å². The predicted octanol–water partition coefficient (Wildman–Crippen LogP) is 0.262. The Morgan fingerprint density at radius 2 is 2.28 bits per heavy atom. The Morgan fingerprint density at radius 3 is 2.94 bits per heavy atom. The van der Waals surface area contributed by atoms with Crippen LogP contribution in [0.25, 0.3) is 0 Å². The Kier molecular flexibility index (Phi) is 3.88. The minimum Gasteiger partial charge on any atom is -0.389 e. The highest BCUT2D eigenvalue weighted by molar-refractivity contribution is 5.90. The predicted molar refractivity (Wildman–Crippen MR) is 67.0 cm³/mol. The monoisotopic (exact) mass is 250 g/mol. The zero-order chi connectivity index (χ0) is 13.0. The van der Waals surface area contributed by atoms with Gasteiger partial charge in [-0.15, -0.1) is 0 Å². The van der Waals surface area contributed by atoms with E-state index in [0.717, 1.165) is 19.4 Å². The van der Waals surface area contributed by atoms with Crippen molar-refractivity contribution in [2.75, 3.05) is 25.0 Å². The molecular weight excluding hydrogens is 232 g/mol. The molecule has 2 heterocycles. The molecule has 1 aromatic heterocycles. The zero-order valence-corrected chi connectivity index (χ0v) is 10.5. The smallest absolute Gasteiger partial charge is 0.240 e. The third-order valence-electron chi connectivity index (χ3n) is 2.94. The van der Waals surface area contributed by atoms with Crippen molar-refractivity contribution in [3.05, 3.63) is 18.5 Å². The fraction of sp³-hybridized carbons (Fsp3) is 0.583. The van der Waals surface area contributed by atoms with Gasteiger partial charge in [-0.25, -0.2) is 9.97 Å². The molecule has 98 valence electrons. The Labute approximate surface area is 106 Å². The Balaban J connectivity index is 1.84. The largest absolute Gasteiger partial charge is 0.389 e. The molecule has 0 saturated carbocycles. The summed E-state index contributed by atoms with van der Waals surface area (Å²) in [4.78, 5) is 21.6. The molecule has 0 spiro atoms. The Hall–Kier alpha value is -1.53. The van der Waals surface area contributed by atoms with Gasteiger partial charge in [0.25, 0.3) is 0 Å². The molecule has 0 bridgehead atoms. The molecule has 2 N–H and O–H groups in total. The summed E-state index contributed by atoms with van der Waals surface area (Å²) in [5, 5.41) is 12.6. The topological polar surface area (TPSA) is 78.4 Å². The number of carbonyl (C=O) groups excluding carboxylic acids is 1. The van der Waals surface area contributed by atoms with Crippen LogP contribution in [0, 0.1) is 0 Å². The highest BCUT2D eigenvalue weighted by atomic mass is 16.3. The van der Waals surface area contributed by atoms with Gasteiger partial charge in [0.15, 0.2) is 0 Å². The van der Waals surface area contributed by atoms with Crippen LogP contribution in [0.5, 0.6) is 0 Å². The van der Waals surface area contributed by atoms with Crippen molar-refractivity contribution >= 4 is 11.9 Å². The highest BCUT2D eigenvalue weighted by Crippen LogP contribution is 2.19. The molecule has 0 radical (unpaired) electrons. The molecule has 6 heteroatoms. The van der Waals surface area contributed by atoms with Crippen LogP contribution in [0.2, 0.25) is 0 Å². The number of likely N-dealkylation sites (tertiary alicyclic amines) is 1. The molecule has 1 amide bonds.